The van der Waals surface area contributed by atoms with Crippen LogP contribution in [0.15, 0.2) is 18.2 Å². The van der Waals surface area contributed by atoms with Gasteiger partial charge in [0, 0.05) is 44.7 Å². The van der Waals surface area contributed by atoms with Gasteiger partial charge in [0.15, 0.2) is 0 Å². The monoisotopic (exact) mass is 439 g/mol. The van der Waals surface area contributed by atoms with Crippen LogP contribution >= 0.6 is 23.2 Å². The summed E-state index contributed by atoms with van der Waals surface area (Å²) in [5, 5.41) is 3.61. The molecule has 6 nitrogen and oxygen atoms in total. The molecule has 0 saturated carbocycles. The molecule has 3 amide bonds. The molecule has 3 rings (SSSR count). The normalized spacial score (nSPS) is 19.7. The van der Waals surface area contributed by atoms with Gasteiger partial charge in [-0.05, 0) is 50.3 Å². The van der Waals surface area contributed by atoms with E-state index in [1.165, 1.54) is 6.42 Å². The molecule has 29 heavy (non-hydrogen) atoms. The number of hydrogen-bond donors (Lipinski definition) is 1. The molecule has 0 radical (unpaired) electrons. The van der Waals surface area contributed by atoms with Gasteiger partial charge in [-0.25, -0.2) is 0 Å². The van der Waals surface area contributed by atoms with Gasteiger partial charge in [-0.3, -0.25) is 14.4 Å². The summed E-state index contributed by atoms with van der Waals surface area (Å²) in [4.78, 5) is 41.1. The van der Waals surface area contributed by atoms with Crippen molar-refractivity contribution < 1.29 is 14.4 Å². The summed E-state index contributed by atoms with van der Waals surface area (Å²) in [5.41, 5.74) is 0.465. The lowest BCUT2D eigenvalue weighted by Gasteiger charge is -2.32. The van der Waals surface area contributed by atoms with Gasteiger partial charge in [0.2, 0.25) is 11.8 Å². The van der Waals surface area contributed by atoms with E-state index in [2.05, 4.69) is 5.32 Å². The van der Waals surface area contributed by atoms with Crippen molar-refractivity contribution in [1.82, 2.24) is 15.1 Å². The Morgan fingerprint density at radius 1 is 0.966 bits per heavy atom. The molecule has 0 bridgehead atoms. The maximum absolute atomic E-state index is 12.8. The predicted octanol–water partition coefficient (Wildman–Crippen LogP) is 3.36. The van der Waals surface area contributed by atoms with Crippen molar-refractivity contribution >= 4 is 40.9 Å². The van der Waals surface area contributed by atoms with Crippen LogP contribution in [0, 0.1) is 5.92 Å². The lowest BCUT2D eigenvalue weighted by atomic mass is 9.96. The molecule has 2 saturated heterocycles. The van der Waals surface area contributed by atoms with Crippen LogP contribution in [0.2, 0.25) is 10.0 Å². The van der Waals surface area contributed by atoms with Crippen LogP contribution in [0.3, 0.4) is 0 Å². The number of nitrogens with one attached hydrogen (secondary N) is 1. The quantitative estimate of drug-likeness (QED) is 0.764. The Labute approximate surface area is 181 Å². The van der Waals surface area contributed by atoms with Gasteiger partial charge in [-0.1, -0.05) is 23.2 Å². The SMILES string of the molecule is O=C(NCCC(=O)N1CCCCC1)C1CCCN(C(=O)c2ccc(Cl)c(Cl)c2)C1. The van der Waals surface area contributed by atoms with Gasteiger partial charge in [-0.2, -0.15) is 0 Å². The molecular weight excluding hydrogens is 413 g/mol. The Morgan fingerprint density at radius 2 is 1.69 bits per heavy atom. The molecule has 0 aliphatic carbocycles. The summed E-state index contributed by atoms with van der Waals surface area (Å²) in [6.07, 6.45) is 5.12. The van der Waals surface area contributed by atoms with Crippen LogP contribution in [-0.2, 0) is 9.59 Å². The minimum Gasteiger partial charge on any atom is -0.355 e. The Balaban J connectivity index is 1.47. The molecule has 0 aromatic heterocycles. The summed E-state index contributed by atoms with van der Waals surface area (Å²) in [6.45, 7) is 2.95. The lowest BCUT2D eigenvalue weighted by molar-refractivity contribution is -0.132. The number of carbonyl (C=O) groups is 3. The Hall–Kier alpha value is -1.79. The van der Waals surface area contributed by atoms with Crippen molar-refractivity contribution in [3.8, 4) is 0 Å². The average Bonchev–Trinajstić information content (AvgIpc) is 2.75. The molecular formula is C21H27Cl2N3O3. The van der Waals surface area contributed by atoms with Crippen LogP contribution in [0.25, 0.3) is 0 Å². The van der Waals surface area contributed by atoms with Gasteiger partial charge in [0.1, 0.15) is 0 Å². The van der Waals surface area contributed by atoms with Gasteiger partial charge >= 0.3 is 0 Å². The second-order valence-corrected chi connectivity index (χ2v) is 8.52. The molecule has 2 aliphatic rings. The van der Waals surface area contributed by atoms with E-state index < -0.39 is 0 Å². The molecule has 2 fully saturated rings. The summed E-state index contributed by atoms with van der Waals surface area (Å²) in [7, 11) is 0. The summed E-state index contributed by atoms with van der Waals surface area (Å²) >= 11 is 11.9. The van der Waals surface area contributed by atoms with Gasteiger partial charge in [0.25, 0.3) is 5.91 Å². The number of piperidine rings is 2. The van der Waals surface area contributed by atoms with Crippen LogP contribution in [-0.4, -0.2) is 60.2 Å². The molecule has 1 aromatic rings. The number of benzene rings is 1. The van der Waals surface area contributed by atoms with E-state index in [-0.39, 0.29) is 23.6 Å². The molecule has 8 heteroatoms. The highest BCUT2D eigenvalue weighted by Crippen LogP contribution is 2.25. The average molecular weight is 440 g/mol. The number of halogens is 2. The van der Waals surface area contributed by atoms with Crippen LogP contribution < -0.4 is 5.32 Å². The number of amides is 3. The van der Waals surface area contributed by atoms with Gasteiger partial charge in [-0.15, -0.1) is 0 Å². The van der Waals surface area contributed by atoms with Crippen molar-refractivity contribution in [2.24, 2.45) is 5.92 Å². The van der Waals surface area contributed by atoms with Gasteiger partial charge < -0.3 is 15.1 Å². The van der Waals surface area contributed by atoms with Crippen LogP contribution in [0.5, 0.6) is 0 Å². The molecule has 2 heterocycles. The zero-order valence-electron chi connectivity index (χ0n) is 16.5. The summed E-state index contributed by atoms with van der Waals surface area (Å²) in [6, 6.07) is 4.80. The third-order valence-electron chi connectivity index (χ3n) is 5.59. The third-order valence-corrected chi connectivity index (χ3v) is 6.33. The second-order valence-electron chi connectivity index (χ2n) is 7.70. The van der Waals surface area contributed by atoms with E-state index in [1.54, 1.807) is 23.1 Å². The fourth-order valence-electron chi connectivity index (χ4n) is 3.93. The van der Waals surface area contributed by atoms with E-state index in [0.29, 0.717) is 41.7 Å². The van der Waals surface area contributed by atoms with E-state index in [9.17, 15) is 14.4 Å². The molecule has 1 aromatic carbocycles. The first-order valence-corrected chi connectivity index (χ1v) is 11.0. The summed E-state index contributed by atoms with van der Waals surface area (Å²) < 4.78 is 0. The largest absolute Gasteiger partial charge is 0.355 e. The van der Waals surface area contributed by atoms with Crippen molar-refractivity contribution in [3.05, 3.63) is 33.8 Å². The van der Waals surface area contributed by atoms with E-state index in [4.69, 9.17) is 23.2 Å². The van der Waals surface area contributed by atoms with Crippen LogP contribution in [0.4, 0.5) is 0 Å². The number of rotatable bonds is 5. The molecule has 158 valence electrons. The lowest BCUT2D eigenvalue weighted by Crippen LogP contribution is -2.46. The van der Waals surface area contributed by atoms with Crippen molar-refractivity contribution in [2.75, 3.05) is 32.7 Å². The first-order valence-electron chi connectivity index (χ1n) is 10.3. The van der Waals surface area contributed by atoms with Gasteiger partial charge in [0.05, 0.1) is 16.0 Å². The highest BCUT2D eigenvalue weighted by Gasteiger charge is 2.29. The third kappa shape index (κ3) is 5.86. The Morgan fingerprint density at radius 3 is 2.41 bits per heavy atom. The smallest absolute Gasteiger partial charge is 0.253 e. The minimum absolute atomic E-state index is 0.0944. The van der Waals surface area contributed by atoms with Crippen molar-refractivity contribution in [2.45, 2.75) is 38.5 Å². The number of likely N-dealkylation sites (tertiary alicyclic amines) is 2. The Kier molecular flexibility index (Phi) is 7.78. The first-order chi connectivity index (χ1) is 14.0. The highest BCUT2D eigenvalue weighted by atomic mass is 35.5. The molecule has 2 aliphatic heterocycles. The number of carbonyl (C=O) groups excluding carboxylic acids is 3. The number of nitrogens with zero attached hydrogens (tertiary/aromatic N) is 2. The second kappa shape index (κ2) is 10.3. The first kappa shape index (κ1) is 21.9. The molecule has 1 unspecified atom stereocenters. The van der Waals surface area contributed by atoms with Crippen molar-refractivity contribution in [1.29, 1.82) is 0 Å². The van der Waals surface area contributed by atoms with Crippen molar-refractivity contribution in [3.63, 3.8) is 0 Å². The topological polar surface area (TPSA) is 69.7 Å². The predicted molar refractivity (Wildman–Crippen MR) is 113 cm³/mol. The zero-order valence-corrected chi connectivity index (χ0v) is 18.0. The van der Waals surface area contributed by atoms with Crippen LogP contribution in [0.1, 0.15) is 48.9 Å². The standard InChI is InChI=1S/C21H27Cl2N3O3/c22-17-7-6-15(13-18(17)23)21(29)26-12-4-5-16(14-26)20(28)24-9-8-19(27)25-10-2-1-3-11-25/h6-7,13,16H,1-5,8-12,14H2,(H,24,28). The minimum atomic E-state index is -0.263. The van der Waals surface area contributed by atoms with E-state index in [0.717, 1.165) is 38.8 Å². The Bertz CT molecular complexity index is 766. The fraction of sp³-hybridized carbons (Fsp3) is 0.571. The van der Waals surface area contributed by atoms with E-state index in [1.807, 2.05) is 4.90 Å². The maximum atomic E-state index is 12.8. The highest BCUT2D eigenvalue weighted by molar-refractivity contribution is 6.42. The molecule has 1 N–H and O–H groups in total. The molecule has 1 atom stereocenters. The zero-order chi connectivity index (χ0) is 20.8. The summed E-state index contributed by atoms with van der Waals surface area (Å²) in [5.74, 6) is -0.407. The van der Waals surface area contributed by atoms with E-state index >= 15 is 0 Å². The maximum Gasteiger partial charge on any atom is 0.253 e. The number of hydrogen-bond acceptors (Lipinski definition) is 3. The fourth-order valence-corrected chi connectivity index (χ4v) is 4.22. The molecule has 0 spiro atoms.